The molecule has 1 aliphatic rings. The van der Waals surface area contributed by atoms with E-state index in [0.717, 1.165) is 12.8 Å². The average molecular weight is 419 g/mol. The van der Waals surface area contributed by atoms with Crippen molar-refractivity contribution >= 4 is 16.7 Å². The molecule has 0 bridgehead atoms. The number of halogens is 1. The second-order valence-corrected chi connectivity index (χ2v) is 7.50. The summed E-state index contributed by atoms with van der Waals surface area (Å²) in [6.45, 7) is 0.952. The Morgan fingerprint density at radius 1 is 1.16 bits per heavy atom. The Morgan fingerprint density at radius 2 is 2.00 bits per heavy atom. The van der Waals surface area contributed by atoms with E-state index in [4.69, 9.17) is 4.52 Å². The lowest BCUT2D eigenvalue weighted by Gasteiger charge is -2.30. The molecule has 5 rings (SSSR count). The maximum atomic E-state index is 13.5. The summed E-state index contributed by atoms with van der Waals surface area (Å²) in [5, 5.41) is 11.3. The van der Waals surface area contributed by atoms with Crippen molar-refractivity contribution in [3.05, 3.63) is 76.3 Å². The molecule has 1 N–H and O–H groups in total. The van der Waals surface area contributed by atoms with Crippen molar-refractivity contribution in [2.24, 2.45) is 0 Å². The standard InChI is InChI=1S/C22H18FN5O3/c23-15-7-3-5-13(11-15)19-24-21(31-27-19)14-6-4-10-28(12-14)22(30)18-16-8-1-2-9-17(16)20(29)26-25-18/h1-3,5,7-9,11,14H,4,6,10,12H2,(H,26,29). The zero-order chi connectivity index (χ0) is 21.4. The third-order valence-electron chi connectivity index (χ3n) is 5.48. The van der Waals surface area contributed by atoms with Crippen molar-refractivity contribution in [2.45, 2.75) is 18.8 Å². The van der Waals surface area contributed by atoms with E-state index in [9.17, 15) is 14.0 Å². The molecule has 1 atom stereocenters. The Morgan fingerprint density at radius 3 is 2.84 bits per heavy atom. The molecule has 1 aliphatic heterocycles. The fraction of sp³-hybridized carbons (Fsp3) is 0.227. The van der Waals surface area contributed by atoms with Crippen molar-refractivity contribution in [1.82, 2.24) is 25.2 Å². The summed E-state index contributed by atoms with van der Waals surface area (Å²) in [6, 6.07) is 12.9. The molecule has 2 aromatic heterocycles. The highest BCUT2D eigenvalue weighted by Gasteiger charge is 2.30. The molecule has 2 aromatic carbocycles. The number of aromatic nitrogens is 4. The van der Waals surface area contributed by atoms with Gasteiger partial charge in [-0.1, -0.05) is 35.5 Å². The van der Waals surface area contributed by atoms with E-state index in [0.29, 0.717) is 41.1 Å². The Hall–Kier alpha value is -3.88. The molecule has 31 heavy (non-hydrogen) atoms. The van der Waals surface area contributed by atoms with E-state index in [1.807, 2.05) is 0 Å². The lowest BCUT2D eigenvalue weighted by Crippen LogP contribution is -2.40. The van der Waals surface area contributed by atoms with Gasteiger partial charge in [0.1, 0.15) is 5.82 Å². The van der Waals surface area contributed by atoms with Gasteiger partial charge in [-0.05, 0) is 31.0 Å². The van der Waals surface area contributed by atoms with E-state index >= 15 is 0 Å². The lowest BCUT2D eigenvalue weighted by atomic mass is 9.97. The predicted octanol–water partition coefficient (Wildman–Crippen LogP) is 3.13. The fourth-order valence-electron chi connectivity index (χ4n) is 3.94. The van der Waals surface area contributed by atoms with Crippen LogP contribution < -0.4 is 5.56 Å². The molecule has 4 aromatic rings. The molecule has 1 amide bonds. The number of amides is 1. The summed E-state index contributed by atoms with van der Waals surface area (Å²) in [6.07, 6.45) is 1.55. The van der Waals surface area contributed by atoms with Crippen molar-refractivity contribution < 1.29 is 13.7 Å². The van der Waals surface area contributed by atoms with Gasteiger partial charge in [-0.15, -0.1) is 0 Å². The zero-order valence-electron chi connectivity index (χ0n) is 16.4. The summed E-state index contributed by atoms with van der Waals surface area (Å²) in [4.78, 5) is 31.3. The minimum atomic E-state index is -0.376. The largest absolute Gasteiger partial charge is 0.339 e. The van der Waals surface area contributed by atoms with Crippen molar-refractivity contribution in [3.63, 3.8) is 0 Å². The fourth-order valence-corrected chi connectivity index (χ4v) is 3.94. The van der Waals surface area contributed by atoms with Crippen LogP contribution in [0.25, 0.3) is 22.2 Å². The monoisotopic (exact) mass is 419 g/mol. The van der Waals surface area contributed by atoms with Gasteiger partial charge in [0, 0.05) is 24.0 Å². The van der Waals surface area contributed by atoms with Crippen molar-refractivity contribution in [2.75, 3.05) is 13.1 Å². The first kappa shape index (κ1) is 19.1. The molecular formula is C22H18FN5O3. The molecular weight excluding hydrogens is 401 g/mol. The molecule has 0 aliphatic carbocycles. The maximum absolute atomic E-state index is 13.5. The SMILES string of the molecule is O=C(c1n[nH]c(=O)c2ccccc12)N1CCCC(c2nc(-c3cccc(F)c3)no2)C1. The van der Waals surface area contributed by atoms with Gasteiger partial charge in [-0.3, -0.25) is 9.59 Å². The van der Waals surface area contributed by atoms with Crippen LogP contribution in [-0.2, 0) is 0 Å². The van der Waals surface area contributed by atoms with Crippen LogP contribution in [0.1, 0.15) is 35.1 Å². The van der Waals surface area contributed by atoms with Crippen LogP contribution in [0.5, 0.6) is 0 Å². The van der Waals surface area contributed by atoms with E-state index in [2.05, 4.69) is 20.3 Å². The summed E-state index contributed by atoms with van der Waals surface area (Å²) in [7, 11) is 0. The van der Waals surface area contributed by atoms with E-state index in [1.165, 1.54) is 12.1 Å². The number of hydrogen-bond donors (Lipinski definition) is 1. The highest BCUT2D eigenvalue weighted by Crippen LogP contribution is 2.29. The molecule has 8 nitrogen and oxygen atoms in total. The first-order valence-electron chi connectivity index (χ1n) is 9.96. The normalized spacial score (nSPS) is 16.5. The highest BCUT2D eigenvalue weighted by molar-refractivity contribution is 6.04. The molecule has 1 fully saturated rings. The van der Waals surface area contributed by atoms with Crippen LogP contribution in [0.3, 0.4) is 0 Å². The van der Waals surface area contributed by atoms with Gasteiger partial charge in [-0.2, -0.15) is 10.1 Å². The molecule has 0 radical (unpaired) electrons. The maximum Gasteiger partial charge on any atom is 0.274 e. The van der Waals surface area contributed by atoms with Gasteiger partial charge < -0.3 is 9.42 Å². The summed E-state index contributed by atoms with van der Waals surface area (Å²) < 4.78 is 18.9. The van der Waals surface area contributed by atoms with Gasteiger partial charge in [0.05, 0.1) is 11.3 Å². The lowest BCUT2D eigenvalue weighted by molar-refractivity contribution is 0.0690. The number of piperidine rings is 1. The Labute approximate surface area is 175 Å². The number of aromatic amines is 1. The number of nitrogens with one attached hydrogen (secondary N) is 1. The number of likely N-dealkylation sites (tertiary alicyclic amines) is 1. The third-order valence-corrected chi connectivity index (χ3v) is 5.48. The summed E-state index contributed by atoms with van der Waals surface area (Å²) in [5.74, 6) is -0.0511. The average Bonchev–Trinajstić information content (AvgIpc) is 3.30. The van der Waals surface area contributed by atoms with Crippen LogP contribution in [0.4, 0.5) is 4.39 Å². The number of hydrogen-bond acceptors (Lipinski definition) is 6. The van der Waals surface area contributed by atoms with Gasteiger partial charge in [0.2, 0.25) is 11.7 Å². The van der Waals surface area contributed by atoms with Crippen LogP contribution in [0.15, 0.2) is 57.8 Å². The van der Waals surface area contributed by atoms with Gasteiger partial charge >= 0.3 is 0 Å². The first-order chi connectivity index (χ1) is 15.1. The smallest absolute Gasteiger partial charge is 0.274 e. The zero-order valence-corrected chi connectivity index (χ0v) is 16.4. The first-order valence-corrected chi connectivity index (χ1v) is 9.96. The Balaban J connectivity index is 1.40. The quantitative estimate of drug-likeness (QED) is 0.547. The molecule has 0 spiro atoms. The van der Waals surface area contributed by atoms with E-state index in [1.54, 1.807) is 41.3 Å². The molecule has 9 heteroatoms. The van der Waals surface area contributed by atoms with Crippen molar-refractivity contribution in [1.29, 1.82) is 0 Å². The van der Waals surface area contributed by atoms with Crippen LogP contribution >= 0.6 is 0 Å². The van der Waals surface area contributed by atoms with Gasteiger partial charge in [0.25, 0.3) is 11.5 Å². The highest BCUT2D eigenvalue weighted by atomic mass is 19.1. The third kappa shape index (κ3) is 3.58. The molecule has 3 heterocycles. The Bertz CT molecular complexity index is 1330. The number of H-pyrrole nitrogens is 1. The Kier molecular flexibility index (Phi) is 4.78. The molecule has 1 unspecified atom stereocenters. The second-order valence-electron chi connectivity index (χ2n) is 7.50. The molecule has 1 saturated heterocycles. The molecule has 0 saturated carbocycles. The topological polar surface area (TPSA) is 105 Å². The van der Waals surface area contributed by atoms with E-state index in [-0.39, 0.29) is 28.9 Å². The number of carbonyl (C=O) groups is 1. The van der Waals surface area contributed by atoms with Gasteiger partial charge in [0.15, 0.2) is 5.69 Å². The van der Waals surface area contributed by atoms with Crippen LogP contribution in [0, 0.1) is 5.82 Å². The van der Waals surface area contributed by atoms with Crippen LogP contribution in [0.2, 0.25) is 0 Å². The minimum Gasteiger partial charge on any atom is -0.339 e. The van der Waals surface area contributed by atoms with E-state index < -0.39 is 0 Å². The molecule has 156 valence electrons. The number of nitrogens with zero attached hydrogens (tertiary/aromatic N) is 4. The number of carbonyl (C=O) groups excluding carboxylic acids is 1. The number of fused-ring (bicyclic) bond motifs is 1. The number of benzene rings is 2. The van der Waals surface area contributed by atoms with Crippen LogP contribution in [-0.4, -0.2) is 44.2 Å². The van der Waals surface area contributed by atoms with Gasteiger partial charge in [-0.25, -0.2) is 9.49 Å². The predicted molar refractivity (Wildman–Crippen MR) is 110 cm³/mol. The second kappa shape index (κ2) is 7.75. The minimum absolute atomic E-state index is 0.137. The number of rotatable bonds is 3. The van der Waals surface area contributed by atoms with Crippen molar-refractivity contribution in [3.8, 4) is 11.4 Å². The summed E-state index contributed by atoms with van der Waals surface area (Å²) in [5.41, 5.74) is 0.406. The summed E-state index contributed by atoms with van der Waals surface area (Å²) >= 11 is 0.